The summed E-state index contributed by atoms with van der Waals surface area (Å²) in [6.07, 6.45) is -1.45. The topological polar surface area (TPSA) is 152 Å². The Morgan fingerprint density at radius 2 is 2.08 bits per heavy atom. The number of anilines is 1. The highest BCUT2D eigenvalue weighted by atomic mass is 31.2. The maximum Gasteiger partial charge on any atom is 0.380 e. The van der Waals surface area contributed by atoms with Crippen molar-refractivity contribution in [2.45, 2.75) is 51.0 Å². The molecule has 0 amide bonds. The molecule has 1 aliphatic rings. The Bertz CT molecular complexity index is 1340. The van der Waals surface area contributed by atoms with E-state index in [0.717, 1.165) is 12.3 Å². The number of nitrogen functional groups attached to an aromatic ring is 1. The van der Waals surface area contributed by atoms with E-state index in [1.807, 2.05) is 0 Å². The number of nitrogens with zero attached hydrogens (tertiary/aromatic N) is 2. The Morgan fingerprint density at radius 3 is 2.68 bits per heavy atom. The third-order valence-corrected chi connectivity index (χ3v) is 7.09. The fourth-order valence-corrected chi connectivity index (χ4v) is 5.14. The van der Waals surface area contributed by atoms with Gasteiger partial charge in [0.1, 0.15) is 23.8 Å². The first-order chi connectivity index (χ1) is 18.1. The lowest BCUT2D eigenvalue weighted by Gasteiger charge is -2.24. The molecule has 3 N–H and O–H groups in total. The summed E-state index contributed by atoms with van der Waals surface area (Å²) in [4.78, 5) is 28.2. The molecule has 2 heterocycles. The molecule has 2 aromatic rings. The van der Waals surface area contributed by atoms with Crippen LogP contribution in [0, 0.1) is 18.3 Å². The number of hydrogen-bond donors (Lipinski definition) is 2. The molecule has 1 unspecified atom stereocenters. The number of halogens is 1. The number of esters is 1. The molecule has 0 aliphatic carbocycles. The van der Waals surface area contributed by atoms with Gasteiger partial charge in [-0.3, -0.25) is 13.9 Å². The summed E-state index contributed by atoms with van der Waals surface area (Å²) in [6, 6.07) is 8.75. The third kappa shape index (κ3) is 6.56. The van der Waals surface area contributed by atoms with E-state index in [9.17, 15) is 19.3 Å². The lowest BCUT2D eigenvalue weighted by Crippen LogP contribution is -2.44. The number of para-hydroxylation sites is 1. The number of ether oxygens (including phenoxy) is 2. The van der Waals surface area contributed by atoms with Crippen molar-refractivity contribution in [2.75, 3.05) is 18.5 Å². The molecular weight excluding hydrogens is 508 g/mol. The number of benzene rings is 1. The van der Waals surface area contributed by atoms with Gasteiger partial charge in [-0.2, -0.15) is 4.98 Å². The van der Waals surface area contributed by atoms with E-state index in [0.29, 0.717) is 4.57 Å². The number of carbonyl (C=O) groups is 1. The summed E-state index contributed by atoms with van der Waals surface area (Å²) in [5.41, 5.74) is 1.25. The SMILES string of the molecule is [2H]C([2H])(O[P@@](=O)(C[C@@H](C)C(=O)OC(C)C)Oc1ccccc1)[C@H]1O[C@@H](n2ccc(N)nc2=O)C(F)(C#C)[C@H]1O. The third-order valence-electron chi connectivity index (χ3n) is 5.22. The normalized spacial score (nSPS) is 26.9. The van der Waals surface area contributed by atoms with Crippen LogP contribution in [-0.4, -0.2) is 57.3 Å². The fraction of sp³-hybridized carbons (Fsp3) is 0.458. The number of aromatic nitrogens is 2. The number of hydrogen-bond acceptors (Lipinski definition) is 10. The molecule has 1 aromatic carbocycles. The summed E-state index contributed by atoms with van der Waals surface area (Å²) < 4.78 is 68.6. The van der Waals surface area contributed by atoms with Gasteiger partial charge in [-0.05, 0) is 32.0 Å². The number of rotatable bonds is 10. The highest BCUT2D eigenvalue weighted by molar-refractivity contribution is 7.54. The average Bonchev–Trinajstić information content (AvgIpc) is 3.10. The van der Waals surface area contributed by atoms with Crippen LogP contribution in [0.3, 0.4) is 0 Å². The standard InChI is InChI=1S/C24H29FN3O8P/c1-5-24(25)20(29)18(35-22(24)28-12-11-19(26)27-23(28)31)13-33-37(32,36-17-9-7-6-8-10-17)14-16(4)21(30)34-15(2)3/h1,6-12,15-16,18,20,22,29H,13-14H2,2-4H3,(H2,26,27,31)/t16-,18-,20+,22-,24?,37+/m1/s1/i13D2. The predicted molar refractivity (Wildman–Crippen MR) is 131 cm³/mol. The molecule has 11 nitrogen and oxygen atoms in total. The van der Waals surface area contributed by atoms with E-state index in [2.05, 4.69) is 4.98 Å². The van der Waals surface area contributed by atoms with Crippen LogP contribution in [0.2, 0.25) is 0 Å². The minimum absolute atomic E-state index is 0.0230. The molecule has 1 fully saturated rings. The highest BCUT2D eigenvalue weighted by Gasteiger charge is 2.58. The summed E-state index contributed by atoms with van der Waals surface area (Å²) in [6.45, 7) is 1.39. The molecule has 0 bridgehead atoms. The molecule has 0 radical (unpaired) electrons. The first kappa shape index (κ1) is 25.4. The van der Waals surface area contributed by atoms with Gasteiger partial charge in [0.25, 0.3) is 0 Å². The second kappa shape index (κ2) is 11.4. The maximum absolute atomic E-state index is 15.8. The zero-order chi connectivity index (χ0) is 29.2. The Kier molecular flexibility index (Phi) is 7.86. The summed E-state index contributed by atoms with van der Waals surface area (Å²) in [5.74, 6) is -0.272. The Labute approximate surface area is 216 Å². The maximum atomic E-state index is 15.8. The molecule has 13 heteroatoms. The molecule has 1 aromatic heterocycles. The van der Waals surface area contributed by atoms with Crippen molar-refractivity contribution in [2.24, 2.45) is 5.92 Å². The zero-order valence-electron chi connectivity index (χ0n) is 22.3. The number of aliphatic hydroxyl groups excluding tert-OH is 1. The lowest BCUT2D eigenvalue weighted by atomic mass is 9.97. The number of nitrogens with two attached hydrogens (primary N) is 1. The van der Waals surface area contributed by atoms with E-state index >= 15 is 4.39 Å². The summed E-state index contributed by atoms with van der Waals surface area (Å²) in [7, 11) is -4.59. The van der Waals surface area contributed by atoms with Gasteiger partial charge < -0.3 is 24.8 Å². The van der Waals surface area contributed by atoms with Gasteiger partial charge in [0, 0.05) is 6.20 Å². The lowest BCUT2D eigenvalue weighted by molar-refractivity contribution is -0.151. The second-order valence-electron chi connectivity index (χ2n) is 8.60. The van der Waals surface area contributed by atoms with Crippen molar-refractivity contribution in [1.29, 1.82) is 0 Å². The van der Waals surface area contributed by atoms with Crippen molar-refractivity contribution in [3.8, 4) is 18.1 Å². The smallest absolute Gasteiger partial charge is 0.380 e. The van der Waals surface area contributed by atoms with Crippen LogP contribution in [-0.2, 0) is 23.4 Å². The summed E-state index contributed by atoms with van der Waals surface area (Å²) in [5, 5.41) is 10.7. The van der Waals surface area contributed by atoms with Crippen LogP contribution in [0.25, 0.3) is 0 Å². The number of terminal acetylenes is 1. The Hall–Kier alpha value is -3.23. The molecule has 0 spiro atoms. The molecule has 1 saturated heterocycles. The minimum Gasteiger partial charge on any atom is -0.463 e. The molecular formula is C24H29FN3O8P. The number of carbonyl (C=O) groups excluding carboxylic acids is 1. The van der Waals surface area contributed by atoms with Gasteiger partial charge >= 0.3 is 19.3 Å². The monoisotopic (exact) mass is 539 g/mol. The molecule has 1 aliphatic heterocycles. The van der Waals surface area contributed by atoms with Gasteiger partial charge in [-0.15, -0.1) is 6.42 Å². The molecule has 0 saturated carbocycles. The van der Waals surface area contributed by atoms with Crippen LogP contribution < -0.4 is 15.9 Å². The van der Waals surface area contributed by atoms with E-state index < -0.39 is 68.1 Å². The quantitative estimate of drug-likeness (QED) is 0.261. The van der Waals surface area contributed by atoms with Gasteiger partial charge in [-0.25, -0.2) is 13.8 Å². The Morgan fingerprint density at radius 1 is 1.41 bits per heavy atom. The molecule has 6 atom stereocenters. The largest absolute Gasteiger partial charge is 0.463 e. The van der Waals surface area contributed by atoms with Gasteiger partial charge in [-0.1, -0.05) is 31.0 Å². The van der Waals surface area contributed by atoms with E-state index in [4.69, 9.17) is 33.4 Å². The summed E-state index contributed by atoms with van der Waals surface area (Å²) >= 11 is 0. The van der Waals surface area contributed by atoms with E-state index in [1.54, 1.807) is 38.0 Å². The van der Waals surface area contributed by atoms with Crippen molar-refractivity contribution in [3.63, 3.8) is 0 Å². The molecule has 37 heavy (non-hydrogen) atoms. The first-order valence-electron chi connectivity index (χ1n) is 12.2. The van der Waals surface area contributed by atoms with Crippen molar-refractivity contribution in [1.82, 2.24) is 9.55 Å². The van der Waals surface area contributed by atoms with Crippen molar-refractivity contribution >= 4 is 19.4 Å². The van der Waals surface area contributed by atoms with Crippen LogP contribution in [0.4, 0.5) is 10.2 Å². The van der Waals surface area contributed by atoms with Crippen molar-refractivity contribution < 1.29 is 40.1 Å². The number of alkyl halides is 1. The fourth-order valence-electron chi connectivity index (χ4n) is 3.43. The highest BCUT2D eigenvalue weighted by Crippen LogP contribution is 2.51. The Balaban J connectivity index is 1.96. The predicted octanol–water partition coefficient (Wildman–Crippen LogP) is 2.30. The van der Waals surface area contributed by atoms with Gasteiger partial charge in [0.2, 0.25) is 5.67 Å². The second-order valence-corrected chi connectivity index (χ2v) is 10.6. The molecule has 3 rings (SSSR count). The van der Waals surface area contributed by atoms with Crippen LogP contribution in [0.1, 0.15) is 29.7 Å². The first-order valence-corrected chi connectivity index (χ1v) is 12.9. The van der Waals surface area contributed by atoms with Gasteiger partial charge in [0.15, 0.2) is 6.23 Å². The van der Waals surface area contributed by atoms with E-state index in [1.165, 1.54) is 19.1 Å². The van der Waals surface area contributed by atoms with Gasteiger partial charge in [0.05, 0.1) is 27.5 Å². The molecule has 200 valence electrons. The minimum atomic E-state index is -4.59. The van der Waals surface area contributed by atoms with Crippen LogP contribution in [0.15, 0.2) is 47.4 Å². The average molecular weight is 539 g/mol. The van der Waals surface area contributed by atoms with E-state index in [-0.39, 0.29) is 11.6 Å². The zero-order valence-corrected chi connectivity index (χ0v) is 21.2. The number of aliphatic hydroxyl groups is 1. The van der Waals surface area contributed by atoms with Crippen LogP contribution in [0.5, 0.6) is 5.75 Å². The van der Waals surface area contributed by atoms with Crippen molar-refractivity contribution in [3.05, 3.63) is 53.1 Å². The van der Waals surface area contributed by atoms with Crippen LogP contribution >= 0.6 is 7.60 Å².